The fourth-order valence-corrected chi connectivity index (χ4v) is 2.92. The number of aryl methyl sites for hydroxylation is 1. The maximum Gasteiger partial charge on any atom is 0.238 e. The van der Waals surface area contributed by atoms with Crippen molar-refractivity contribution >= 4 is 29.1 Å². The number of nitrogens with one attached hydrogen (secondary N) is 1. The molecule has 0 unspecified atom stereocenters. The zero-order chi connectivity index (χ0) is 20.7. The van der Waals surface area contributed by atoms with Gasteiger partial charge in [-0.25, -0.2) is 0 Å². The molecule has 2 aromatic rings. The predicted molar refractivity (Wildman–Crippen MR) is 112 cm³/mol. The molecule has 1 N–H and O–H groups in total. The van der Waals surface area contributed by atoms with Gasteiger partial charge in [0.05, 0.1) is 25.9 Å². The van der Waals surface area contributed by atoms with Crippen molar-refractivity contribution in [3.63, 3.8) is 0 Å². The summed E-state index contributed by atoms with van der Waals surface area (Å²) >= 11 is 5.98. The minimum atomic E-state index is -0.252. The SMILES string of the molecule is COc1ccc(Cl)cc1NC(=O)CN(C)CC(=O)N(C)Cc1ccccc1C. The summed E-state index contributed by atoms with van der Waals surface area (Å²) in [6.45, 7) is 2.77. The standard InChI is InChI=1S/C21H26ClN3O3/c1-15-7-5-6-8-16(15)12-25(3)21(27)14-24(2)13-20(26)23-18-11-17(22)9-10-19(18)28-4/h5-11H,12-14H2,1-4H3,(H,23,26). The van der Waals surface area contributed by atoms with E-state index in [-0.39, 0.29) is 24.9 Å². The molecule has 150 valence electrons. The van der Waals surface area contributed by atoms with Crippen molar-refractivity contribution in [3.8, 4) is 5.75 Å². The second-order valence-corrected chi connectivity index (χ2v) is 7.18. The molecular weight excluding hydrogens is 378 g/mol. The van der Waals surface area contributed by atoms with Gasteiger partial charge in [0.25, 0.3) is 0 Å². The lowest BCUT2D eigenvalue weighted by molar-refractivity contribution is -0.131. The Morgan fingerprint density at radius 1 is 1.11 bits per heavy atom. The lowest BCUT2D eigenvalue weighted by Crippen LogP contribution is -2.39. The van der Waals surface area contributed by atoms with E-state index < -0.39 is 0 Å². The van der Waals surface area contributed by atoms with Crippen molar-refractivity contribution in [3.05, 3.63) is 58.6 Å². The first-order chi connectivity index (χ1) is 13.3. The van der Waals surface area contributed by atoms with Crippen LogP contribution >= 0.6 is 11.6 Å². The normalized spacial score (nSPS) is 10.6. The highest BCUT2D eigenvalue weighted by Gasteiger charge is 2.16. The van der Waals surface area contributed by atoms with Crippen LogP contribution in [-0.4, -0.2) is 55.9 Å². The van der Waals surface area contributed by atoms with Gasteiger partial charge in [-0.05, 0) is 43.3 Å². The van der Waals surface area contributed by atoms with Crippen LogP contribution in [0.1, 0.15) is 11.1 Å². The van der Waals surface area contributed by atoms with Crippen molar-refractivity contribution in [2.24, 2.45) is 0 Å². The number of amides is 2. The first-order valence-electron chi connectivity index (χ1n) is 8.90. The van der Waals surface area contributed by atoms with Crippen molar-refractivity contribution < 1.29 is 14.3 Å². The van der Waals surface area contributed by atoms with Gasteiger partial charge >= 0.3 is 0 Å². The van der Waals surface area contributed by atoms with Crippen molar-refractivity contribution in [2.45, 2.75) is 13.5 Å². The minimum absolute atomic E-state index is 0.0566. The molecule has 7 heteroatoms. The average Bonchev–Trinajstić information content (AvgIpc) is 2.63. The highest BCUT2D eigenvalue weighted by atomic mass is 35.5. The Labute approximate surface area is 171 Å². The van der Waals surface area contributed by atoms with Crippen LogP contribution in [-0.2, 0) is 16.1 Å². The maximum atomic E-state index is 12.5. The van der Waals surface area contributed by atoms with Gasteiger partial charge in [0.15, 0.2) is 0 Å². The molecule has 0 spiro atoms. The third-order valence-corrected chi connectivity index (χ3v) is 4.58. The largest absolute Gasteiger partial charge is 0.495 e. The van der Waals surface area contributed by atoms with Gasteiger partial charge in [-0.15, -0.1) is 0 Å². The van der Waals surface area contributed by atoms with E-state index >= 15 is 0 Å². The average molecular weight is 404 g/mol. The summed E-state index contributed by atoms with van der Waals surface area (Å²) in [4.78, 5) is 28.1. The number of methoxy groups -OCH3 is 1. The zero-order valence-corrected chi connectivity index (χ0v) is 17.4. The molecule has 0 aliphatic rings. The molecule has 0 aliphatic carbocycles. The summed E-state index contributed by atoms with van der Waals surface area (Å²) < 4.78 is 5.22. The second kappa shape index (κ2) is 10.1. The summed E-state index contributed by atoms with van der Waals surface area (Å²) in [5.74, 6) is 0.214. The summed E-state index contributed by atoms with van der Waals surface area (Å²) in [7, 11) is 5.02. The lowest BCUT2D eigenvalue weighted by Gasteiger charge is -2.22. The van der Waals surface area contributed by atoms with Crippen LogP contribution in [0.5, 0.6) is 5.75 Å². The van der Waals surface area contributed by atoms with Crippen LogP contribution in [0.25, 0.3) is 0 Å². The topological polar surface area (TPSA) is 61.9 Å². The molecule has 6 nitrogen and oxygen atoms in total. The first kappa shape index (κ1) is 21.7. The van der Waals surface area contributed by atoms with Gasteiger partial charge in [0, 0.05) is 18.6 Å². The van der Waals surface area contributed by atoms with Gasteiger partial charge in [0.1, 0.15) is 5.75 Å². The molecule has 0 saturated heterocycles. The number of nitrogens with zero attached hydrogens (tertiary/aromatic N) is 2. The fourth-order valence-electron chi connectivity index (χ4n) is 2.75. The number of carbonyl (C=O) groups is 2. The number of anilines is 1. The van der Waals surface area contributed by atoms with Crippen molar-refractivity contribution in [1.82, 2.24) is 9.80 Å². The summed E-state index contributed by atoms with van der Waals surface area (Å²) in [5.41, 5.74) is 2.74. The third kappa shape index (κ3) is 6.25. The third-order valence-electron chi connectivity index (χ3n) is 4.35. The molecule has 0 aliphatic heterocycles. The molecule has 28 heavy (non-hydrogen) atoms. The van der Waals surface area contributed by atoms with Gasteiger partial charge < -0.3 is 15.0 Å². The highest BCUT2D eigenvalue weighted by Crippen LogP contribution is 2.27. The van der Waals surface area contributed by atoms with E-state index in [2.05, 4.69) is 5.32 Å². The minimum Gasteiger partial charge on any atom is -0.495 e. The molecule has 2 rings (SSSR count). The molecule has 2 amide bonds. The Balaban J connectivity index is 1.88. The number of carbonyl (C=O) groups excluding carboxylic acids is 2. The Bertz CT molecular complexity index is 841. The number of ether oxygens (including phenoxy) is 1. The van der Waals surface area contributed by atoms with E-state index in [1.54, 1.807) is 42.1 Å². The predicted octanol–water partition coefficient (Wildman–Crippen LogP) is 3.19. The van der Waals surface area contributed by atoms with Crippen LogP contribution in [0.15, 0.2) is 42.5 Å². The number of hydrogen-bond donors (Lipinski definition) is 1. The number of hydrogen-bond acceptors (Lipinski definition) is 4. The van der Waals surface area contributed by atoms with E-state index in [4.69, 9.17) is 16.3 Å². The summed E-state index contributed by atoms with van der Waals surface area (Å²) in [5, 5.41) is 3.27. The Morgan fingerprint density at radius 2 is 1.82 bits per heavy atom. The molecule has 0 saturated carbocycles. The van der Waals surface area contributed by atoms with Crippen molar-refractivity contribution in [2.75, 3.05) is 39.6 Å². The highest BCUT2D eigenvalue weighted by molar-refractivity contribution is 6.31. The molecule has 0 aromatic heterocycles. The number of rotatable bonds is 8. The van der Waals surface area contributed by atoms with Gasteiger partial charge in [-0.2, -0.15) is 0 Å². The summed E-state index contributed by atoms with van der Waals surface area (Å²) in [6.07, 6.45) is 0. The molecule has 0 atom stereocenters. The van der Waals surface area contributed by atoms with E-state index in [0.717, 1.165) is 11.1 Å². The van der Waals surface area contributed by atoms with E-state index in [1.807, 2.05) is 31.2 Å². The monoisotopic (exact) mass is 403 g/mol. The van der Waals surface area contributed by atoms with Crippen LogP contribution in [0.4, 0.5) is 5.69 Å². The van der Waals surface area contributed by atoms with Gasteiger partial charge in [0.2, 0.25) is 11.8 Å². The molecule has 2 aromatic carbocycles. The molecule has 0 heterocycles. The second-order valence-electron chi connectivity index (χ2n) is 6.74. The van der Waals surface area contributed by atoms with Gasteiger partial charge in [-0.1, -0.05) is 35.9 Å². The van der Waals surface area contributed by atoms with Crippen LogP contribution in [0, 0.1) is 6.92 Å². The Hall–Kier alpha value is -2.57. The van der Waals surface area contributed by atoms with E-state index in [9.17, 15) is 9.59 Å². The van der Waals surface area contributed by atoms with Crippen LogP contribution in [0.3, 0.4) is 0 Å². The molecule has 0 radical (unpaired) electrons. The van der Waals surface area contributed by atoms with E-state index in [0.29, 0.717) is 23.0 Å². The first-order valence-corrected chi connectivity index (χ1v) is 9.28. The molecule has 0 bridgehead atoms. The number of likely N-dealkylation sites (N-methyl/N-ethyl adjacent to an activating group) is 2. The van der Waals surface area contributed by atoms with Gasteiger partial charge in [-0.3, -0.25) is 14.5 Å². The maximum absolute atomic E-state index is 12.5. The molecule has 0 fully saturated rings. The van der Waals surface area contributed by atoms with E-state index in [1.165, 1.54) is 7.11 Å². The quantitative estimate of drug-likeness (QED) is 0.735. The number of halogens is 1. The number of benzene rings is 2. The zero-order valence-electron chi connectivity index (χ0n) is 16.7. The summed E-state index contributed by atoms with van der Waals surface area (Å²) in [6, 6.07) is 13.0. The smallest absolute Gasteiger partial charge is 0.238 e. The lowest BCUT2D eigenvalue weighted by atomic mass is 10.1. The van der Waals surface area contributed by atoms with Crippen LogP contribution < -0.4 is 10.1 Å². The Kier molecular flexibility index (Phi) is 7.84. The van der Waals surface area contributed by atoms with Crippen LogP contribution in [0.2, 0.25) is 5.02 Å². The van der Waals surface area contributed by atoms with Crippen molar-refractivity contribution in [1.29, 1.82) is 0 Å². The fraction of sp³-hybridized carbons (Fsp3) is 0.333. The Morgan fingerprint density at radius 3 is 2.50 bits per heavy atom. The molecular formula is C21H26ClN3O3.